The molecule has 2 aromatic rings. The molecule has 0 aliphatic rings. The summed E-state index contributed by atoms with van der Waals surface area (Å²) < 4.78 is 5.49. The maximum atomic E-state index is 12.1. The fourth-order valence-electron chi connectivity index (χ4n) is 1.85. The number of aromatic nitrogens is 1. The van der Waals surface area contributed by atoms with Gasteiger partial charge in [0.1, 0.15) is 11.4 Å². The Labute approximate surface area is 121 Å². The second-order valence-corrected chi connectivity index (χ2v) is 4.61. The smallest absolute Gasteiger partial charge is 0.354 e. The van der Waals surface area contributed by atoms with E-state index in [9.17, 15) is 9.59 Å². The summed E-state index contributed by atoms with van der Waals surface area (Å²) in [4.78, 5) is 25.8. The minimum absolute atomic E-state index is 0.0484. The SMILES string of the molecule is Cc1cc(NC(=O)C(C)Oc2ccccc2)c(C(=O)O)[nH]1. The molecule has 0 spiro atoms. The number of carbonyl (C=O) groups excluding carboxylic acids is 1. The van der Waals surface area contributed by atoms with Gasteiger partial charge in [-0.3, -0.25) is 4.79 Å². The monoisotopic (exact) mass is 288 g/mol. The predicted octanol–water partition coefficient (Wildman–Crippen LogP) is 2.43. The lowest BCUT2D eigenvalue weighted by atomic mass is 10.3. The molecule has 0 fully saturated rings. The van der Waals surface area contributed by atoms with Gasteiger partial charge in [0.05, 0.1) is 5.69 Å². The molecule has 21 heavy (non-hydrogen) atoms. The third kappa shape index (κ3) is 3.62. The van der Waals surface area contributed by atoms with E-state index in [1.807, 2.05) is 6.07 Å². The highest BCUT2D eigenvalue weighted by Gasteiger charge is 2.19. The first-order valence-electron chi connectivity index (χ1n) is 6.43. The average Bonchev–Trinajstić information content (AvgIpc) is 2.81. The number of rotatable bonds is 5. The van der Waals surface area contributed by atoms with Gasteiger partial charge in [0.15, 0.2) is 6.10 Å². The summed E-state index contributed by atoms with van der Waals surface area (Å²) >= 11 is 0. The van der Waals surface area contributed by atoms with Gasteiger partial charge in [-0.05, 0) is 32.0 Å². The van der Waals surface area contributed by atoms with Crippen LogP contribution in [0.4, 0.5) is 5.69 Å². The van der Waals surface area contributed by atoms with Crippen molar-refractivity contribution in [1.82, 2.24) is 4.98 Å². The van der Waals surface area contributed by atoms with E-state index in [4.69, 9.17) is 9.84 Å². The molecule has 2 rings (SSSR count). The molecule has 0 aliphatic heterocycles. The number of aromatic carboxylic acids is 1. The van der Waals surface area contributed by atoms with E-state index in [-0.39, 0.29) is 11.4 Å². The van der Waals surface area contributed by atoms with E-state index in [0.717, 1.165) is 0 Å². The van der Waals surface area contributed by atoms with Crippen molar-refractivity contribution in [2.75, 3.05) is 5.32 Å². The summed E-state index contributed by atoms with van der Waals surface area (Å²) in [5.41, 5.74) is 0.834. The predicted molar refractivity (Wildman–Crippen MR) is 77.7 cm³/mol. The molecule has 1 aromatic heterocycles. The Morgan fingerprint density at radius 2 is 1.95 bits per heavy atom. The number of anilines is 1. The number of hydrogen-bond donors (Lipinski definition) is 3. The Kier molecular flexibility index (Phi) is 4.27. The van der Waals surface area contributed by atoms with Gasteiger partial charge < -0.3 is 20.1 Å². The molecule has 0 bridgehead atoms. The number of aromatic amines is 1. The normalized spacial score (nSPS) is 11.7. The molecule has 1 aromatic carbocycles. The number of carbonyl (C=O) groups is 2. The minimum atomic E-state index is -1.13. The van der Waals surface area contributed by atoms with Crippen LogP contribution in [0.3, 0.4) is 0 Å². The van der Waals surface area contributed by atoms with E-state index < -0.39 is 18.0 Å². The largest absolute Gasteiger partial charge is 0.481 e. The van der Waals surface area contributed by atoms with Crippen LogP contribution < -0.4 is 10.1 Å². The van der Waals surface area contributed by atoms with Crippen molar-refractivity contribution in [3.63, 3.8) is 0 Å². The zero-order valence-electron chi connectivity index (χ0n) is 11.7. The molecule has 110 valence electrons. The first kappa shape index (κ1) is 14.6. The van der Waals surface area contributed by atoms with Crippen LogP contribution in [0.2, 0.25) is 0 Å². The van der Waals surface area contributed by atoms with Crippen molar-refractivity contribution in [3.8, 4) is 5.75 Å². The Morgan fingerprint density at radius 3 is 2.57 bits per heavy atom. The highest BCUT2D eigenvalue weighted by molar-refractivity contribution is 6.01. The first-order valence-corrected chi connectivity index (χ1v) is 6.43. The van der Waals surface area contributed by atoms with Gasteiger partial charge in [0.2, 0.25) is 0 Å². The van der Waals surface area contributed by atoms with Gasteiger partial charge in [-0.1, -0.05) is 18.2 Å². The Bertz CT molecular complexity index is 649. The van der Waals surface area contributed by atoms with Crippen LogP contribution in [-0.2, 0) is 4.79 Å². The number of carboxylic acids is 1. The molecule has 1 unspecified atom stereocenters. The summed E-state index contributed by atoms with van der Waals surface area (Å²) in [6.45, 7) is 3.31. The third-order valence-electron chi connectivity index (χ3n) is 2.85. The fourth-order valence-corrected chi connectivity index (χ4v) is 1.85. The van der Waals surface area contributed by atoms with Crippen molar-refractivity contribution >= 4 is 17.6 Å². The zero-order chi connectivity index (χ0) is 15.4. The van der Waals surface area contributed by atoms with Crippen molar-refractivity contribution in [3.05, 3.63) is 47.8 Å². The number of hydrogen-bond acceptors (Lipinski definition) is 3. The average molecular weight is 288 g/mol. The van der Waals surface area contributed by atoms with Crippen LogP contribution in [0.25, 0.3) is 0 Å². The first-order chi connectivity index (χ1) is 9.97. The van der Waals surface area contributed by atoms with Crippen molar-refractivity contribution in [1.29, 1.82) is 0 Å². The lowest BCUT2D eigenvalue weighted by molar-refractivity contribution is -0.122. The number of amides is 1. The molecule has 1 amide bonds. The maximum absolute atomic E-state index is 12.1. The zero-order valence-corrected chi connectivity index (χ0v) is 11.7. The maximum Gasteiger partial charge on any atom is 0.354 e. The van der Waals surface area contributed by atoms with Gasteiger partial charge in [-0.15, -0.1) is 0 Å². The molecular weight excluding hydrogens is 272 g/mol. The van der Waals surface area contributed by atoms with Gasteiger partial charge in [0, 0.05) is 5.69 Å². The van der Waals surface area contributed by atoms with Crippen molar-refractivity contribution in [2.45, 2.75) is 20.0 Å². The number of ether oxygens (including phenoxy) is 1. The Morgan fingerprint density at radius 1 is 1.29 bits per heavy atom. The molecule has 3 N–H and O–H groups in total. The Balaban J connectivity index is 2.06. The highest BCUT2D eigenvalue weighted by Crippen LogP contribution is 2.18. The molecular formula is C15H16N2O4. The second kappa shape index (κ2) is 6.13. The number of aryl methyl sites for hydroxylation is 1. The standard InChI is InChI=1S/C15H16N2O4/c1-9-8-12(13(16-9)15(19)20)17-14(18)10(2)21-11-6-4-3-5-7-11/h3-8,10,16H,1-2H3,(H,17,18)(H,19,20). The van der Waals surface area contributed by atoms with E-state index in [2.05, 4.69) is 10.3 Å². The topological polar surface area (TPSA) is 91.4 Å². The summed E-state index contributed by atoms with van der Waals surface area (Å²) in [7, 11) is 0. The van der Waals surface area contributed by atoms with Crippen LogP contribution in [0.1, 0.15) is 23.1 Å². The van der Waals surface area contributed by atoms with E-state index in [1.165, 1.54) is 0 Å². The summed E-state index contributed by atoms with van der Waals surface area (Å²) in [5, 5.41) is 11.6. The Hall–Kier alpha value is -2.76. The van der Waals surface area contributed by atoms with Crippen molar-refractivity contribution in [2.24, 2.45) is 0 Å². The van der Waals surface area contributed by atoms with Gasteiger partial charge in [-0.25, -0.2) is 4.79 Å². The quantitative estimate of drug-likeness (QED) is 0.788. The summed E-state index contributed by atoms with van der Waals surface area (Å²) in [5.74, 6) is -0.973. The van der Waals surface area contributed by atoms with E-state index in [0.29, 0.717) is 11.4 Å². The lowest BCUT2D eigenvalue weighted by Gasteiger charge is -2.14. The molecule has 0 radical (unpaired) electrons. The molecule has 1 heterocycles. The fraction of sp³-hybridized carbons (Fsp3) is 0.200. The molecule has 6 nitrogen and oxygen atoms in total. The van der Waals surface area contributed by atoms with E-state index in [1.54, 1.807) is 44.2 Å². The van der Waals surface area contributed by atoms with Crippen molar-refractivity contribution < 1.29 is 19.4 Å². The van der Waals surface area contributed by atoms with Crippen LogP contribution >= 0.6 is 0 Å². The molecule has 6 heteroatoms. The third-order valence-corrected chi connectivity index (χ3v) is 2.85. The minimum Gasteiger partial charge on any atom is -0.481 e. The molecule has 1 atom stereocenters. The molecule has 0 aliphatic carbocycles. The van der Waals surface area contributed by atoms with Gasteiger partial charge >= 0.3 is 5.97 Å². The van der Waals surface area contributed by atoms with Gasteiger partial charge in [-0.2, -0.15) is 0 Å². The second-order valence-electron chi connectivity index (χ2n) is 4.61. The number of H-pyrrole nitrogens is 1. The number of para-hydroxylation sites is 1. The van der Waals surface area contributed by atoms with Crippen LogP contribution in [0.5, 0.6) is 5.75 Å². The van der Waals surface area contributed by atoms with E-state index >= 15 is 0 Å². The van der Waals surface area contributed by atoms with Crippen LogP contribution in [0, 0.1) is 6.92 Å². The summed E-state index contributed by atoms with van der Waals surface area (Å²) in [6.07, 6.45) is -0.746. The number of benzene rings is 1. The highest BCUT2D eigenvalue weighted by atomic mass is 16.5. The van der Waals surface area contributed by atoms with Gasteiger partial charge in [0.25, 0.3) is 5.91 Å². The number of carboxylic acid groups (broad SMARTS) is 1. The molecule has 0 saturated carbocycles. The number of nitrogens with one attached hydrogen (secondary N) is 2. The molecule has 0 saturated heterocycles. The lowest BCUT2D eigenvalue weighted by Crippen LogP contribution is -2.30. The van der Waals surface area contributed by atoms with Crippen LogP contribution in [0.15, 0.2) is 36.4 Å². The summed E-state index contributed by atoms with van der Waals surface area (Å²) in [6, 6.07) is 10.5. The van der Waals surface area contributed by atoms with Crippen LogP contribution in [-0.4, -0.2) is 28.1 Å².